The Morgan fingerprint density at radius 3 is 2.55 bits per heavy atom. The molecule has 0 radical (unpaired) electrons. The highest BCUT2D eigenvalue weighted by molar-refractivity contribution is 5.77. The van der Waals surface area contributed by atoms with Crippen molar-refractivity contribution in [3.8, 4) is 0 Å². The highest BCUT2D eigenvalue weighted by Crippen LogP contribution is 2.33. The Morgan fingerprint density at radius 1 is 1.03 bits per heavy atom. The van der Waals surface area contributed by atoms with Gasteiger partial charge in [0.1, 0.15) is 18.2 Å². The van der Waals surface area contributed by atoms with Crippen LogP contribution in [-0.4, -0.2) is 37.1 Å². The summed E-state index contributed by atoms with van der Waals surface area (Å²) in [6, 6.07) is 13.8. The number of H-pyrrole nitrogens is 1. The van der Waals surface area contributed by atoms with Gasteiger partial charge in [0, 0.05) is 0 Å². The first kappa shape index (κ1) is 19.7. The molecule has 0 aliphatic carbocycles. The standard InChI is InChI=1S/C22H20F3N5O/c23-22(24,25)13-30-20(28-15-7-2-1-6-14(15)21(30)31)18-10-5-11-29(18)12-19-26-16-8-3-4-9-17(16)27-19/h1-4,6-9,18H,5,10-13H2,(H,26,27). The van der Waals surface area contributed by atoms with Crippen LogP contribution in [-0.2, 0) is 13.1 Å². The number of imidazole rings is 1. The predicted molar refractivity (Wildman–Crippen MR) is 111 cm³/mol. The van der Waals surface area contributed by atoms with Gasteiger partial charge in [0.15, 0.2) is 0 Å². The lowest BCUT2D eigenvalue weighted by Crippen LogP contribution is -2.35. The molecule has 1 unspecified atom stereocenters. The fraction of sp³-hybridized carbons (Fsp3) is 0.318. The molecule has 0 bridgehead atoms. The van der Waals surface area contributed by atoms with E-state index in [1.54, 1.807) is 18.2 Å². The molecule has 0 saturated carbocycles. The number of benzene rings is 2. The second kappa shape index (κ2) is 7.49. The van der Waals surface area contributed by atoms with E-state index in [-0.39, 0.29) is 11.2 Å². The predicted octanol–water partition coefficient (Wildman–Crippen LogP) is 4.17. The molecule has 2 aromatic carbocycles. The minimum atomic E-state index is -4.52. The molecule has 1 fully saturated rings. The average Bonchev–Trinajstić information content (AvgIpc) is 3.35. The lowest BCUT2D eigenvalue weighted by atomic mass is 10.1. The summed E-state index contributed by atoms with van der Waals surface area (Å²) in [7, 11) is 0. The Morgan fingerprint density at radius 2 is 1.77 bits per heavy atom. The van der Waals surface area contributed by atoms with Gasteiger partial charge in [-0.2, -0.15) is 13.2 Å². The van der Waals surface area contributed by atoms with E-state index in [2.05, 4.69) is 15.0 Å². The molecule has 1 aliphatic rings. The third kappa shape index (κ3) is 3.81. The number of nitrogens with zero attached hydrogens (tertiary/aromatic N) is 4. The molecule has 2 aromatic heterocycles. The maximum Gasteiger partial charge on any atom is 0.406 e. The van der Waals surface area contributed by atoms with Crippen molar-refractivity contribution in [3.63, 3.8) is 0 Å². The largest absolute Gasteiger partial charge is 0.406 e. The summed E-state index contributed by atoms with van der Waals surface area (Å²) in [4.78, 5) is 27.4. The smallest absolute Gasteiger partial charge is 0.341 e. The summed E-state index contributed by atoms with van der Waals surface area (Å²) in [5.41, 5.74) is 1.50. The molecular weight excluding hydrogens is 407 g/mol. The van der Waals surface area contributed by atoms with Crippen LogP contribution >= 0.6 is 0 Å². The van der Waals surface area contributed by atoms with E-state index in [1.807, 2.05) is 29.2 Å². The first-order chi connectivity index (χ1) is 14.9. The quantitative estimate of drug-likeness (QED) is 0.531. The Kier molecular flexibility index (Phi) is 4.77. The van der Waals surface area contributed by atoms with E-state index in [4.69, 9.17) is 0 Å². The van der Waals surface area contributed by atoms with Crippen molar-refractivity contribution >= 4 is 21.9 Å². The fourth-order valence-corrected chi connectivity index (χ4v) is 4.35. The molecule has 1 atom stereocenters. The summed E-state index contributed by atoms with van der Waals surface area (Å²) in [6.45, 7) is -0.224. The number of hydrogen-bond donors (Lipinski definition) is 1. The maximum atomic E-state index is 13.3. The van der Waals surface area contributed by atoms with Gasteiger partial charge in [0.05, 0.1) is 34.5 Å². The van der Waals surface area contributed by atoms with Crippen LogP contribution in [0.5, 0.6) is 0 Å². The van der Waals surface area contributed by atoms with Gasteiger partial charge >= 0.3 is 6.18 Å². The summed E-state index contributed by atoms with van der Waals surface area (Å²) >= 11 is 0. The van der Waals surface area contributed by atoms with E-state index in [9.17, 15) is 18.0 Å². The lowest BCUT2D eigenvalue weighted by molar-refractivity contribution is -0.142. The number of fused-ring (bicyclic) bond motifs is 2. The second-order valence-corrected chi connectivity index (χ2v) is 7.82. The third-order valence-electron chi connectivity index (χ3n) is 5.68. The van der Waals surface area contributed by atoms with Gasteiger partial charge in [-0.3, -0.25) is 14.3 Å². The number of alkyl halides is 3. The number of hydrogen-bond acceptors (Lipinski definition) is 4. The van der Waals surface area contributed by atoms with Crippen LogP contribution in [0.2, 0.25) is 0 Å². The molecule has 3 heterocycles. The summed E-state index contributed by atoms with van der Waals surface area (Å²) in [6.07, 6.45) is -3.09. The van der Waals surface area contributed by atoms with Gasteiger partial charge in [-0.05, 0) is 43.7 Å². The third-order valence-corrected chi connectivity index (χ3v) is 5.68. The van der Waals surface area contributed by atoms with Crippen LogP contribution in [0.4, 0.5) is 13.2 Å². The van der Waals surface area contributed by atoms with Crippen LogP contribution < -0.4 is 5.56 Å². The van der Waals surface area contributed by atoms with Gasteiger partial charge in [-0.25, -0.2) is 9.97 Å². The molecule has 0 spiro atoms. The topological polar surface area (TPSA) is 66.8 Å². The van der Waals surface area contributed by atoms with Crippen LogP contribution in [0.25, 0.3) is 21.9 Å². The number of likely N-dealkylation sites (tertiary alicyclic amines) is 1. The maximum absolute atomic E-state index is 13.3. The van der Waals surface area contributed by atoms with Gasteiger partial charge in [-0.15, -0.1) is 0 Å². The number of nitrogens with one attached hydrogen (secondary N) is 1. The molecule has 4 aromatic rings. The van der Waals surface area contributed by atoms with Gasteiger partial charge in [-0.1, -0.05) is 24.3 Å². The molecule has 1 N–H and O–H groups in total. The van der Waals surface area contributed by atoms with Crippen molar-refractivity contribution in [2.75, 3.05) is 6.54 Å². The molecule has 5 rings (SSSR count). The molecule has 1 aliphatic heterocycles. The van der Waals surface area contributed by atoms with Crippen LogP contribution in [0, 0.1) is 0 Å². The Balaban J connectivity index is 1.56. The molecular formula is C22H20F3N5O. The molecule has 9 heteroatoms. The number of halogens is 3. The van der Waals surface area contributed by atoms with Crippen LogP contribution in [0.3, 0.4) is 0 Å². The summed E-state index contributed by atoms with van der Waals surface area (Å²) < 4.78 is 40.8. The molecule has 6 nitrogen and oxygen atoms in total. The zero-order valence-electron chi connectivity index (χ0n) is 16.6. The number of para-hydroxylation sites is 3. The molecule has 160 valence electrons. The first-order valence-electron chi connectivity index (χ1n) is 10.1. The highest BCUT2D eigenvalue weighted by Gasteiger charge is 2.35. The van der Waals surface area contributed by atoms with Crippen molar-refractivity contribution < 1.29 is 13.2 Å². The van der Waals surface area contributed by atoms with Gasteiger partial charge < -0.3 is 4.98 Å². The molecule has 1 saturated heterocycles. The minimum absolute atomic E-state index is 0.162. The van der Waals surface area contributed by atoms with E-state index >= 15 is 0 Å². The fourth-order valence-electron chi connectivity index (χ4n) is 4.35. The Bertz CT molecular complexity index is 1280. The highest BCUT2D eigenvalue weighted by atomic mass is 19.4. The number of rotatable bonds is 4. The molecule has 0 amide bonds. The van der Waals surface area contributed by atoms with E-state index in [0.29, 0.717) is 25.0 Å². The van der Waals surface area contributed by atoms with Crippen molar-refractivity contribution in [2.45, 2.75) is 38.1 Å². The molecule has 31 heavy (non-hydrogen) atoms. The van der Waals surface area contributed by atoms with Crippen molar-refractivity contribution in [2.24, 2.45) is 0 Å². The average molecular weight is 427 g/mol. The monoisotopic (exact) mass is 427 g/mol. The Labute approximate surface area is 175 Å². The Hall–Kier alpha value is -3.20. The second-order valence-electron chi connectivity index (χ2n) is 7.82. The van der Waals surface area contributed by atoms with Crippen molar-refractivity contribution in [1.82, 2.24) is 24.4 Å². The van der Waals surface area contributed by atoms with Crippen LogP contribution in [0.15, 0.2) is 53.3 Å². The zero-order valence-corrected chi connectivity index (χ0v) is 16.6. The SMILES string of the molecule is O=c1c2ccccc2nc(C2CCCN2Cc2nc3ccccc3[nH]2)n1CC(F)(F)F. The lowest BCUT2D eigenvalue weighted by Gasteiger charge is -2.26. The summed E-state index contributed by atoms with van der Waals surface area (Å²) in [5.74, 6) is 0.897. The van der Waals surface area contributed by atoms with E-state index in [1.165, 1.54) is 6.07 Å². The number of aromatic nitrogens is 4. The summed E-state index contributed by atoms with van der Waals surface area (Å²) in [5, 5.41) is 0.192. The van der Waals surface area contributed by atoms with Gasteiger partial charge in [0.2, 0.25) is 0 Å². The first-order valence-corrected chi connectivity index (χ1v) is 10.1. The minimum Gasteiger partial charge on any atom is -0.341 e. The van der Waals surface area contributed by atoms with Crippen molar-refractivity contribution in [1.29, 1.82) is 0 Å². The normalized spacial score (nSPS) is 17.7. The van der Waals surface area contributed by atoms with E-state index in [0.717, 1.165) is 27.8 Å². The van der Waals surface area contributed by atoms with Crippen molar-refractivity contribution in [3.05, 3.63) is 70.5 Å². The van der Waals surface area contributed by atoms with Crippen LogP contribution in [0.1, 0.15) is 30.5 Å². The van der Waals surface area contributed by atoms with E-state index < -0.39 is 24.3 Å². The number of aromatic amines is 1. The van der Waals surface area contributed by atoms with Gasteiger partial charge in [0.25, 0.3) is 5.56 Å². The zero-order chi connectivity index (χ0) is 21.6.